The molecular weight excluding hydrogens is 114 g/mol. The van der Waals surface area contributed by atoms with Crippen molar-refractivity contribution in [3.05, 3.63) is 13.2 Å². The largest absolute Gasteiger partial charge is 0.269 e. The van der Waals surface area contributed by atoms with Gasteiger partial charge in [0.2, 0.25) is 0 Å². The maximum atomic E-state index is 3.00. The Balaban J connectivity index is -0.00000000167. The monoisotopic (exact) mass is 120 g/mol. The van der Waals surface area contributed by atoms with E-state index in [1.165, 1.54) is 0 Å². The summed E-state index contributed by atoms with van der Waals surface area (Å²) in [6.45, 7) is 6.00. The first-order chi connectivity index (χ1) is 1.00. The fourth-order valence-electron chi connectivity index (χ4n) is 0. The topological polar surface area (TPSA) is 0 Å². The van der Waals surface area contributed by atoms with Crippen molar-refractivity contribution in [1.82, 2.24) is 0 Å². The number of hydrogen-bond donors (Lipinski definition) is 0. The van der Waals surface area contributed by atoms with Crippen LogP contribution in [0.15, 0.2) is 13.2 Å². The van der Waals surface area contributed by atoms with Gasteiger partial charge in [0.25, 0.3) is 0 Å². The zero-order chi connectivity index (χ0) is 2.00. The minimum Gasteiger partial charge on any atom is -0.269 e. The van der Waals surface area contributed by atoms with Crippen molar-refractivity contribution in [2.75, 3.05) is 0 Å². The van der Waals surface area contributed by atoms with Gasteiger partial charge in [-0.05, 0) is 0 Å². The number of rotatable bonds is 0. The first-order valence-corrected chi connectivity index (χ1v) is 0.500. The molecule has 0 nitrogen and oxygen atoms in total. The average Bonchev–Trinajstić information content (AvgIpc) is 1.00. The predicted molar refractivity (Wildman–Crippen MR) is 28.3 cm³/mol. The molecule has 0 aliphatic carbocycles. The smallest absolute Gasteiger partial charge is 0.106 e. The van der Waals surface area contributed by atoms with Crippen LogP contribution in [0.5, 0.6) is 0 Å². The molecule has 0 saturated heterocycles. The lowest BCUT2D eigenvalue weighted by Gasteiger charge is -0.813. The molecule has 0 aliphatic rings. The summed E-state index contributed by atoms with van der Waals surface area (Å²) >= 11 is 0. The molecule has 0 saturated carbocycles. The van der Waals surface area contributed by atoms with Gasteiger partial charge in [0, 0.05) is 0 Å². The molecule has 0 fully saturated rings. The summed E-state index contributed by atoms with van der Waals surface area (Å²) in [4.78, 5) is 0. The highest BCUT2D eigenvalue weighted by Gasteiger charge is 0.601. The first-order valence-electron chi connectivity index (χ1n) is 0.500. The third-order valence-corrected chi connectivity index (χ3v) is 0. The zero-order valence-corrected chi connectivity index (χ0v) is 4.27. The van der Waals surface area contributed by atoms with Crippen molar-refractivity contribution >= 4 is 24.8 Å². The van der Waals surface area contributed by atoms with Gasteiger partial charge in [0.15, 0.2) is 0 Å². The number of hydrogen-bond acceptors (Lipinski definition) is 0. The predicted octanol–water partition coefficient (Wildman–Crippen LogP) is 1.80. The lowest BCUT2D eigenvalue weighted by molar-refractivity contribution is 1.11. The second kappa shape index (κ2) is 718. The van der Waals surface area contributed by atoms with Gasteiger partial charge in [0.05, 0.1) is 0 Å². The normalized spacial score (nSPS) is 0.800. The molecule has 0 atom stereocenters. The molecule has 0 rings (SSSR count). The Morgan fingerprint density at radius 1 is 0.800 bits per heavy atom. The maximum Gasteiger partial charge on any atom is -0.106 e. The van der Waals surface area contributed by atoms with E-state index in [1.807, 2.05) is 0 Å². The molecular formula is C2H7Cl2F. The molecule has 0 aromatic heterocycles. The Bertz CT molecular complexity index is 7.61. The van der Waals surface area contributed by atoms with Crippen LogP contribution in [-0.2, 0) is 0 Å². The molecule has 0 aromatic rings. The van der Waals surface area contributed by atoms with Crippen molar-refractivity contribution in [2.45, 2.75) is 0 Å². The van der Waals surface area contributed by atoms with Gasteiger partial charge >= 0.3 is 0 Å². The van der Waals surface area contributed by atoms with E-state index in [4.69, 9.17) is 0 Å². The van der Waals surface area contributed by atoms with E-state index in [0.29, 0.717) is 0 Å². The van der Waals surface area contributed by atoms with Crippen LogP contribution < -0.4 is 0 Å². The molecule has 0 radical (unpaired) electrons. The van der Waals surface area contributed by atoms with Crippen LogP contribution in [0.25, 0.3) is 0 Å². The Hall–Kier alpha value is 0.250. The van der Waals surface area contributed by atoms with Crippen LogP contribution in [0.4, 0.5) is 4.70 Å². The Morgan fingerprint density at radius 3 is 0.800 bits per heavy atom. The van der Waals surface area contributed by atoms with E-state index in [-0.39, 0.29) is 29.5 Å². The highest BCUT2D eigenvalue weighted by atomic mass is 35.5. The zero-order valence-electron chi connectivity index (χ0n) is 2.64. The highest BCUT2D eigenvalue weighted by Crippen LogP contribution is 0.862. The van der Waals surface area contributed by atoms with E-state index >= 15 is 0 Å². The molecule has 0 amide bonds. The van der Waals surface area contributed by atoms with Crippen LogP contribution in [-0.4, -0.2) is 0 Å². The Morgan fingerprint density at radius 2 is 0.800 bits per heavy atom. The highest BCUT2D eigenvalue weighted by molar-refractivity contribution is 5.85. The maximum absolute atomic E-state index is 3.00. The van der Waals surface area contributed by atoms with E-state index in [0.717, 1.165) is 0 Å². The van der Waals surface area contributed by atoms with Crippen LogP contribution in [0, 0.1) is 0 Å². The van der Waals surface area contributed by atoms with E-state index < -0.39 is 0 Å². The summed E-state index contributed by atoms with van der Waals surface area (Å²) in [5, 5.41) is 0. The summed E-state index contributed by atoms with van der Waals surface area (Å²) in [7, 11) is 0. The molecule has 0 spiro atoms. The lowest BCUT2D eigenvalue weighted by Crippen LogP contribution is -0.552. The summed E-state index contributed by atoms with van der Waals surface area (Å²) < 4.78 is 0. The first kappa shape index (κ1) is 60.7. The van der Waals surface area contributed by atoms with Crippen LogP contribution in [0.1, 0.15) is 0 Å². The van der Waals surface area contributed by atoms with Crippen LogP contribution in [0.3, 0.4) is 0 Å². The fraction of sp³-hybridized carbons (Fsp3) is 0. The standard InChI is InChI=1S/C2H4.2ClH.FH/c1-2;;;/h1-2H2;3*1H. The average molecular weight is 121 g/mol. The van der Waals surface area contributed by atoms with Crippen molar-refractivity contribution in [3.63, 3.8) is 0 Å². The minimum atomic E-state index is 0. The van der Waals surface area contributed by atoms with Gasteiger partial charge in [-0.3, -0.25) is 4.70 Å². The van der Waals surface area contributed by atoms with Gasteiger partial charge < -0.3 is 0 Å². The molecule has 0 aliphatic heterocycles. The Labute approximate surface area is 43.4 Å². The number of halogens is 3. The lowest BCUT2D eigenvalue weighted by atomic mass is 11.3. The van der Waals surface area contributed by atoms with Crippen LogP contribution in [0.2, 0.25) is 0 Å². The molecule has 0 aromatic carbocycles. The van der Waals surface area contributed by atoms with Gasteiger partial charge in [-0.2, -0.15) is 0 Å². The quantitative estimate of drug-likeness (QED) is 0.428. The second-order valence-corrected chi connectivity index (χ2v) is 0. The summed E-state index contributed by atoms with van der Waals surface area (Å²) in [6.07, 6.45) is 0. The van der Waals surface area contributed by atoms with Crippen molar-refractivity contribution in [2.24, 2.45) is 0 Å². The van der Waals surface area contributed by atoms with Crippen molar-refractivity contribution in [1.29, 1.82) is 0 Å². The molecule has 5 heavy (non-hydrogen) atoms. The summed E-state index contributed by atoms with van der Waals surface area (Å²) in [5.41, 5.74) is 0. The minimum absolute atomic E-state index is 0. The van der Waals surface area contributed by atoms with Crippen LogP contribution >= 0.6 is 24.8 Å². The van der Waals surface area contributed by atoms with E-state index in [1.54, 1.807) is 0 Å². The van der Waals surface area contributed by atoms with Gasteiger partial charge in [-0.15, -0.1) is 38.0 Å². The SMILES string of the molecule is C=C.Cl.Cl.F. The van der Waals surface area contributed by atoms with Gasteiger partial charge in [-0.1, -0.05) is 0 Å². The second-order valence-electron chi connectivity index (χ2n) is 0. The summed E-state index contributed by atoms with van der Waals surface area (Å²) in [5.74, 6) is 0. The molecule has 3 heteroatoms. The van der Waals surface area contributed by atoms with Crippen molar-refractivity contribution < 1.29 is 4.70 Å². The molecule has 0 N–H and O–H groups in total. The summed E-state index contributed by atoms with van der Waals surface area (Å²) in [6, 6.07) is 0. The molecule has 0 unspecified atom stereocenters. The third kappa shape index (κ3) is 344. The van der Waals surface area contributed by atoms with Gasteiger partial charge in [-0.25, -0.2) is 0 Å². The third-order valence-electron chi connectivity index (χ3n) is 0. The molecule has 0 heterocycles. The van der Waals surface area contributed by atoms with Gasteiger partial charge in [0.1, 0.15) is 0 Å². The van der Waals surface area contributed by atoms with E-state index in [9.17, 15) is 0 Å². The molecule has 36 valence electrons. The van der Waals surface area contributed by atoms with Crippen molar-refractivity contribution in [3.8, 4) is 0 Å². The van der Waals surface area contributed by atoms with E-state index in [2.05, 4.69) is 13.2 Å². The fourth-order valence-corrected chi connectivity index (χ4v) is 0. The Kier molecular flexibility index (Phi) is 8720. The molecule has 0 bridgehead atoms.